The number of aliphatic hydroxyl groups excluding tert-OH is 1. The molecule has 0 heterocycles. The van der Waals surface area contributed by atoms with Gasteiger partial charge in [-0.25, -0.2) is 0 Å². The molecule has 1 aliphatic rings. The van der Waals surface area contributed by atoms with Crippen molar-refractivity contribution >= 4 is 18.5 Å². The summed E-state index contributed by atoms with van der Waals surface area (Å²) < 4.78 is 4.89. The largest absolute Gasteiger partial charge is 0.452 e. The van der Waals surface area contributed by atoms with Gasteiger partial charge in [0.1, 0.15) is 0 Å². The molecule has 5 heteroatoms. The summed E-state index contributed by atoms with van der Waals surface area (Å²) in [7, 11) is 0. The van der Waals surface area contributed by atoms with E-state index in [1.807, 2.05) is 0 Å². The molecule has 3 N–H and O–H groups in total. The van der Waals surface area contributed by atoms with Crippen LogP contribution >= 0.6 is 12.6 Å². The smallest absolute Gasteiger partial charge is 0.187 e. The minimum Gasteiger partial charge on any atom is -0.452 e. The average Bonchev–Trinajstić information content (AvgIpc) is 2.61. The Labute approximate surface area is 127 Å². The Bertz CT molecular complexity index is 347. The van der Waals surface area contributed by atoms with E-state index < -0.39 is 0 Å². The molecule has 0 aromatic rings. The first-order valence-corrected chi connectivity index (χ1v) is 7.68. The van der Waals surface area contributed by atoms with Crippen molar-refractivity contribution in [2.45, 2.75) is 49.9 Å². The Kier molecular flexibility index (Phi) is 7.77. The lowest BCUT2D eigenvalue weighted by atomic mass is 10.00. The zero-order valence-corrected chi connectivity index (χ0v) is 12.9. The average molecular weight is 298 g/mol. The Balaban J connectivity index is 2.27. The van der Waals surface area contributed by atoms with E-state index >= 15 is 0 Å². The number of nitrogens with one attached hydrogen (secondary N) is 2. The number of hydrogen-bond acceptors (Lipinski definition) is 5. The maximum Gasteiger partial charge on any atom is 0.187 e. The van der Waals surface area contributed by atoms with Gasteiger partial charge in [-0.2, -0.15) is 12.6 Å². The van der Waals surface area contributed by atoms with Crippen LogP contribution in [0, 0.1) is 11.3 Å². The Morgan fingerprint density at radius 3 is 2.90 bits per heavy atom. The lowest BCUT2D eigenvalue weighted by Gasteiger charge is -2.20. The van der Waals surface area contributed by atoms with Crippen molar-refractivity contribution in [3.63, 3.8) is 0 Å². The van der Waals surface area contributed by atoms with E-state index in [1.165, 1.54) is 6.26 Å². The molecule has 3 atom stereocenters. The monoisotopic (exact) mass is 298 g/mol. The van der Waals surface area contributed by atoms with Crippen LogP contribution in [0.4, 0.5) is 0 Å². The van der Waals surface area contributed by atoms with E-state index in [9.17, 15) is 5.11 Å². The topological polar surface area (TPSA) is 65.3 Å². The predicted octanol–water partition coefficient (Wildman–Crippen LogP) is 2.86. The third kappa shape index (κ3) is 6.48. The van der Waals surface area contributed by atoms with Crippen molar-refractivity contribution in [1.29, 1.82) is 5.41 Å². The standard InChI is InChI=1S/C15H26N2O2S/c1-3-19-15(16)9-14(20)11(2)17-10-12-5-4-6-13(18)8-7-12/h3,12-14,16-18,20H,1-2,4-10H2. The molecule has 0 amide bonds. The minimum absolute atomic E-state index is 0.127. The normalized spacial score (nSPS) is 24.3. The van der Waals surface area contributed by atoms with Crippen LogP contribution in [0.5, 0.6) is 0 Å². The molecular formula is C15H26N2O2S. The second kappa shape index (κ2) is 9.08. The molecule has 1 rings (SSSR count). The van der Waals surface area contributed by atoms with Crippen LogP contribution < -0.4 is 5.32 Å². The number of thiol groups is 1. The molecule has 0 saturated heterocycles. The van der Waals surface area contributed by atoms with Crippen LogP contribution in [-0.4, -0.2) is 28.9 Å². The molecule has 1 fully saturated rings. The van der Waals surface area contributed by atoms with E-state index in [1.54, 1.807) is 0 Å². The lowest BCUT2D eigenvalue weighted by molar-refractivity contribution is 0.156. The maximum atomic E-state index is 9.63. The van der Waals surface area contributed by atoms with Gasteiger partial charge in [-0.05, 0) is 31.6 Å². The highest BCUT2D eigenvalue weighted by Gasteiger charge is 2.18. The minimum atomic E-state index is -0.140. The second-order valence-corrected chi connectivity index (χ2v) is 5.99. The van der Waals surface area contributed by atoms with Gasteiger partial charge in [0.2, 0.25) is 0 Å². The van der Waals surface area contributed by atoms with Gasteiger partial charge in [-0.3, -0.25) is 5.41 Å². The van der Waals surface area contributed by atoms with Crippen molar-refractivity contribution in [3.05, 3.63) is 25.1 Å². The van der Waals surface area contributed by atoms with Gasteiger partial charge in [0.15, 0.2) is 5.90 Å². The molecule has 0 aliphatic heterocycles. The van der Waals surface area contributed by atoms with Crippen LogP contribution in [0.3, 0.4) is 0 Å². The third-order valence-corrected chi connectivity index (χ3v) is 4.18. The van der Waals surface area contributed by atoms with Crippen LogP contribution in [0.1, 0.15) is 38.5 Å². The molecule has 114 valence electrons. The van der Waals surface area contributed by atoms with Crippen LogP contribution in [-0.2, 0) is 4.74 Å². The Hall–Kier alpha value is -0.940. The summed E-state index contributed by atoms with van der Waals surface area (Å²) in [6, 6.07) is 0. The second-order valence-electron chi connectivity index (χ2n) is 5.36. The highest BCUT2D eigenvalue weighted by molar-refractivity contribution is 7.81. The first-order valence-electron chi connectivity index (χ1n) is 7.16. The summed E-state index contributed by atoms with van der Waals surface area (Å²) in [6.45, 7) is 8.25. The Morgan fingerprint density at radius 1 is 1.45 bits per heavy atom. The SMILES string of the molecule is C=COC(=N)CC(S)C(=C)NCC1CCCC(O)CC1. The van der Waals surface area contributed by atoms with Gasteiger partial charge < -0.3 is 15.2 Å². The summed E-state index contributed by atoms with van der Waals surface area (Å²) in [5.41, 5.74) is 0.815. The van der Waals surface area contributed by atoms with Gasteiger partial charge in [-0.1, -0.05) is 19.6 Å². The number of hydrogen-bond donors (Lipinski definition) is 4. The van der Waals surface area contributed by atoms with E-state index in [0.29, 0.717) is 12.3 Å². The molecule has 0 aromatic carbocycles. The molecule has 3 unspecified atom stereocenters. The first-order chi connectivity index (χ1) is 9.52. The summed E-state index contributed by atoms with van der Waals surface area (Å²) in [5.74, 6) is 0.717. The summed E-state index contributed by atoms with van der Waals surface area (Å²) in [6.07, 6.45) is 6.60. The molecule has 20 heavy (non-hydrogen) atoms. The zero-order valence-electron chi connectivity index (χ0n) is 12.0. The van der Waals surface area contributed by atoms with Gasteiger partial charge in [-0.15, -0.1) is 0 Å². The van der Waals surface area contributed by atoms with E-state index in [2.05, 4.69) is 31.1 Å². The Morgan fingerprint density at radius 2 is 2.20 bits per heavy atom. The fourth-order valence-electron chi connectivity index (χ4n) is 2.40. The third-order valence-electron chi connectivity index (χ3n) is 3.68. The summed E-state index contributed by atoms with van der Waals surface area (Å²) >= 11 is 4.43. The van der Waals surface area contributed by atoms with Crippen molar-refractivity contribution in [1.82, 2.24) is 5.32 Å². The molecule has 0 spiro atoms. The van der Waals surface area contributed by atoms with Gasteiger partial charge >= 0.3 is 0 Å². The molecular weight excluding hydrogens is 272 g/mol. The van der Waals surface area contributed by atoms with Gasteiger partial charge in [0.25, 0.3) is 0 Å². The van der Waals surface area contributed by atoms with Gasteiger partial charge in [0.05, 0.1) is 12.4 Å². The highest BCUT2D eigenvalue weighted by Crippen LogP contribution is 2.23. The van der Waals surface area contributed by atoms with E-state index in [-0.39, 0.29) is 17.3 Å². The van der Waals surface area contributed by atoms with Crippen LogP contribution in [0.15, 0.2) is 25.1 Å². The predicted molar refractivity (Wildman–Crippen MR) is 86.1 cm³/mol. The molecule has 4 nitrogen and oxygen atoms in total. The fourth-order valence-corrected chi connectivity index (χ4v) is 2.66. The molecule has 0 radical (unpaired) electrons. The molecule has 0 aromatic heterocycles. The lowest BCUT2D eigenvalue weighted by Crippen LogP contribution is -2.27. The van der Waals surface area contributed by atoms with E-state index in [0.717, 1.165) is 44.3 Å². The molecule has 1 saturated carbocycles. The summed E-state index contributed by atoms with van der Waals surface area (Å²) in [4.78, 5) is 0. The van der Waals surface area contributed by atoms with Crippen molar-refractivity contribution in [3.8, 4) is 0 Å². The van der Waals surface area contributed by atoms with Crippen molar-refractivity contribution < 1.29 is 9.84 Å². The maximum absolute atomic E-state index is 9.63. The number of aliphatic hydroxyl groups is 1. The first kappa shape index (κ1) is 17.1. The summed E-state index contributed by atoms with van der Waals surface area (Å²) in [5, 5.41) is 20.4. The van der Waals surface area contributed by atoms with E-state index in [4.69, 9.17) is 10.1 Å². The number of rotatable bonds is 7. The van der Waals surface area contributed by atoms with Crippen molar-refractivity contribution in [2.24, 2.45) is 5.92 Å². The highest BCUT2D eigenvalue weighted by atomic mass is 32.1. The quantitative estimate of drug-likeness (QED) is 0.192. The fraction of sp³-hybridized carbons (Fsp3) is 0.667. The van der Waals surface area contributed by atoms with Crippen LogP contribution in [0.2, 0.25) is 0 Å². The van der Waals surface area contributed by atoms with Gasteiger partial charge in [0, 0.05) is 23.9 Å². The molecule has 1 aliphatic carbocycles. The van der Waals surface area contributed by atoms with Crippen molar-refractivity contribution in [2.75, 3.05) is 6.54 Å². The molecule has 0 bridgehead atoms. The number of ether oxygens (including phenoxy) is 1. The van der Waals surface area contributed by atoms with Crippen LogP contribution in [0.25, 0.3) is 0 Å². The zero-order chi connectivity index (χ0) is 15.0.